The number of carbonyl (C=O) groups excluding carboxylic acids is 3. The third-order valence-corrected chi connectivity index (χ3v) is 6.67. The summed E-state index contributed by atoms with van der Waals surface area (Å²) in [4.78, 5) is 38.1. The first-order chi connectivity index (χ1) is 13.0. The lowest BCUT2D eigenvalue weighted by molar-refractivity contribution is -0.136. The number of fused-ring (bicyclic) bond motifs is 3. The van der Waals surface area contributed by atoms with E-state index in [1.54, 1.807) is 4.90 Å². The number of rotatable bonds is 4. The molecule has 3 N–H and O–H groups in total. The molecule has 3 aliphatic heterocycles. The van der Waals surface area contributed by atoms with Crippen molar-refractivity contribution >= 4 is 17.7 Å². The highest BCUT2D eigenvalue weighted by Crippen LogP contribution is 2.36. The van der Waals surface area contributed by atoms with Gasteiger partial charge in [0.2, 0.25) is 11.8 Å². The largest absolute Gasteiger partial charge is 0.322 e. The Morgan fingerprint density at radius 3 is 2.81 bits per heavy atom. The summed E-state index contributed by atoms with van der Waals surface area (Å²) in [5.41, 5.74) is 3.00. The Labute approximate surface area is 157 Å². The third-order valence-electron chi connectivity index (χ3n) is 6.67. The van der Waals surface area contributed by atoms with Crippen LogP contribution in [-0.4, -0.2) is 46.8 Å². The predicted octanol–water partition coefficient (Wildman–Crippen LogP) is 0.432. The highest BCUT2D eigenvalue weighted by atomic mass is 16.2. The number of nitrogens with zero attached hydrogens (tertiary/aromatic N) is 1. The molecule has 3 unspecified atom stereocenters. The molecule has 0 aromatic heterocycles. The number of amides is 3. The van der Waals surface area contributed by atoms with Gasteiger partial charge >= 0.3 is 0 Å². The second-order valence-corrected chi connectivity index (χ2v) is 8.30. The van der Waals surface area contributed by atoms with Crippen LogP contribution in [0, 0.1) is 0 Å². The summed E-state index contributed by atoms with van der Waals surface area (Å²) in [6.45, 7) is 2.17. The van der Waals surface area contributed by atoms with Crippen LogP contribution in [0.2, 0.25) is 0 Å². The van der Waals surface area contributed by atoms with Gasteiger partial charge in [-0.1, -0.05) is 12.1 Å². The van der Waals surface area contributed by atoms with Crippen LogP contribution in [-0.2, 0) is 22.7 Å². The van der Waals surface area contributed by atoms with Gasteiger partial charge in [-0.05, 0) is 42.9 Å². The van der Waals surface area contributed by atoms with E-state index in [1.165, 1.54) is 19.3 Å². The molecule has 0 radical (unpaired) electrons. The monoisotopic (exact) mass is 368 g/mol. The first-order valence-corrected chi connectivity index (χ1v) is 9.78. The van der Waals surface area contributed by atoms with E-state index in [0.717, 1.165) is 24.2 Å². The topological polar surface area (TPSA) is 90.5 Å². The van der Waals surface area contributed by atoms with Crippen LogP contribution in [0.15, 0.2) is 18.2 Å². The van der Waals surface area contributed by atoms with Crippen LogP contribution >= 0.6 is 0 Å². The number of hydrogen-bond donors (Lipinski definition) is 3. The zero-order valence-corrected chi connectivity index (χ0v) is 15.2. The van der Waals surface area contributed by atoms with E-state index in [0.29, 0.717) is 24.6 Å². The summed E-state index contributed by atoms with van der Waals surface area (Å²) < 4.78 is 0. The van der Waals surface area contributed by atoms with Crippen molar-refractivity contribution in [3.63, 3.8) is 0 Å². The maximum atomic E-state index is 12.9. The van der Waals surface area contributed by atoms with Gasteiger partial charge < -0.3 is 15.5 Å². The van der Waals surface area contributed by atoms with E-state index in [4.69, 9.17) is 0 Å². The molecule has 1 saturated carbocycles. The lowest BCUT2D eigenvalue weighted by atomic mass is 9.97. The van der Waals surface area contributed by atoms with Crippen LogP contribution in [0.1, 0.15) is 53.6 Å². The van der Waals surface area contributed by atoms with Gasteiger partial charge in [0, 0.05) is 43.2 Å². The van der Waals surface area contributed by atoms with Crippen molar-refractivity contribution in [3.8, 4) is 0 Å². The number of hydrogen-bond acceptors (Lipinski definition) is 5. The van der Waals surface area contributed by atoms with E-state index in [2.05, 4.69) is 22.0 Å². The number of nitrogens with one attached hydrogen (secondary N) is 3. The van der Waals surface area contributed by atoms with Crippen molar-refractivity contribution in [1.82, 2.24) is 20.9 Å². The molecule has 5 rings (SSSR count). The zero-order valence-electron chi connectivity index (χ0n) is 15.2. The number of piperidine rings is 2. The Balaban J connectivity index is 1.34. The van der Waals surface area contributed by atoms with Crippen LogP contribution in [0.25, 0.3) is 0 Å². The molecule has 4 aliphatic rings. The summed E-state index contributed by atoms with van der Waals surface area (Å²) in [6.07, 6.45) is 4.27. The van der Waals surface area contributed by atoms with Crippen LogP contribution < -0.4 is 16.0 Å². The molecule has 3 heterocycles. The van der Waals surface area contributed by atoms with E-state index in [9.17, 15) is 14.4 Å². The molecule has 2 bridgehead atoms. The lowest BCUT2D eigenvalue weighted by Gasteiger charge is -2.29. The number of benzene rings is 1. The minimum atomic E-state index is -0.559. The Morgan fingerprint density at radius 2 is 2.11 bits per heavy atom. The summed E-state index contributed by atoms with van der Waals surface area (Å²) >= 11 is 0. The molecule has 1 aromatic rings. The highest BCUT2D eigenvalue weighted by Gasteiger charge is 2.44. The smallest absolute Gasteiger partial charge is 0.255 e. The van der Waals surface area contributed by atoms with Crippen LogP contribution in [0.5, 0.6) is 0 Å². The van der Waals surface area contributed by atoms with Gasteiger partial charge in [0.15, 0.2) is 0 Å². The fraction of sp³-hybridized carbons (Fsp3) is 0.550. The SMILES string of the molecule is O=C1CCC(N2Cc3c(CNC45CCC(C4)NC5)cccc3C2=O)C(=O)N1. The molecule has 1 aromatic carbocycles. The van der Waals surface area contributed by atoms with E-state index >= 15 is 0 Å². The summed E-state index contributed by atoms with van der Waals surface area (Å²) in [6, 6.07) is 5.91. The van der Waals surface area contributed by atoms with Crippen LogP contribution in [0.3, 0.4) is 0 Å². The predicted molar refractivity (Wildman–Crippen MR) is 97.7 cm³/mol. The molecular formula is C20H24N4O3. The van der Waals surface area contributed by atoms with Gasteiger partial charge in [-0.25, -0.2) is 0 Å². The van der Waals surface area contributed by atoms with Crippen molar-refractivity contribution < 1.29 is 14.4 Å². The second-order valence-electron chi connectivity index (χ2n) is 8.30. The molecule has 2 saturated heterocycles. The molecule has 3 fully saturated rings. The maximum Gasteiger partial charge on any atom is 0.255 e. The van der Waals surface area contributed by atoms with Gasteiger partial charge in [0.05, 0.1) is 0 Å². The minimum Gasteiger partial charge on any atom is -0.322 e. The fourth-order valence-corrected chi connectivity index (χ4v) is 5.12. The van der Waals surface area contributed by atoms with Crippen LogP contribution in [0.4, 0.5) is 0 Å². The van der Waals surface area contributed by atoms with Crippen molar-refractivity contribution in [1.29, 1.82) is 0 Å². The number of imide groups is 1. The molecule has 7 heteroatoms. The average Bonchev–Trinajstić information content (AvgIpc) is 3.34. The summed E-state index contributed by atoms with van der Waals surface area (Å²) in [5, 5.41) is 9.65. The Hall–Kier alpha value is -2.25. The van der Waals surface area contributed by atoms with Crippen molar-refractivity contribution in [3.05, 3.63) is 34.9 Å². The highest BCUT2D eigenvalue weighted by molar-refractivity contribution is 6.05. The molecule has 3 atom stereocenters. The van der Waals surface area contributed by atoms with Gasteiger partial charge in [-0.2, -0.15) is 0 Å². The van der Waals surface area contributed by atoms with E-state index in [-0.39, 0.29) is 29.7 Å². The third kappa shape index (κ3) is 2.76. The number of carbonyl (C=O) groups is 3. The average molecular weight is 368 g/mol. The standard InChI is InChI=1S/C20H24N4O3/c25-17-5-4-16(18(26)23-17)24-10-15-12(2-1-3-14(15)19(24)27)9-22-20-7-6-13(8-20)21-11-20/h1-3,13,16,21-22H,4-11H2,(H,23,25,26). The van der Waals surface area contributed by atoms with Crippen molar-refractivity contribution in [2.45, 2.75) is 62.8 Å². The minimum absolute atomic E-state index is 0.108. The zero-order chi connectivity index (χ0) is 18.6. The molecule has 0 spiro atoms. The van der Waals surface area contributed by atoms with Gasteiger partial charge in [0.1, 0.15) is 6.04 Å². The summed E-state index contributed by atoms with van der Waals surface area (Å²) in [5.74, 6) is -0.729. The van der Waals surface area contributed by atoms with E-state index in [1.807, 2.05) is 12.1 Å². The first kappa shape index (κ1) is 16.9. The summed E-state index contributed by atoms with van der Waals surface area (Å²) in [7, 11) is 0. The molecule has 7 nitrogen and oxygen atoms in total. The van der Waals surface area contributed by atoms with Crippen molar-refractivity contribution in [2.75, 3.05) is 6.54 Å². The molecule has 142 valence electrons. The van der Waals surface area contributed by atoms with Crippen molar-refractivity contribution in [2.24, 2.45) is 0 Å². The Kier molecular flexibility index (Phi) is 3.84. The Morgan fingerprint density at radius 1 is 1.22 bits per heavy atom. The molecular weight excluding hydrogens is 344 g/mol. The molecule has 1 aliphatic carbocycles. The lowest BCUT2D eigenvalue weighted by Crippen LogP contribution is -2.52. The van der Waals surface area contributed by atoms with Gasteiger partial charge in [-0.15, -0.1) is 0 Å². The van der Waals surface area contributed by atoms with E-state index < -0.39 is 6.04 Å². The molecule has 3 amide bonds. The fourth-order valence-electron chi connectivity index (χ4n) is 5.12. The first-order valence-electron chi connectivity index (χ1n) is 9.78. The quantitative estimate of drug-likeness (QED) is 0.671. The second kappa shape index (κ2) is 6.14. The maximum absolute atomic E-state index is 12.9. The Bertz CT molecular complexity index is 829. The molecule has 27 heavy (non-hydrogen) atoms. The normalized spacial score (nSPS) is 32.1. The van der Waals surface area contributed by atoms with Gasteiger partial charge in [-0.3, -0.25) is 19.7 Å². The van der Waals surface area contributed by atoms with Gasteiger partial charge in [0.25, 0.3) is 5.91 Å².